The molecule has 3 rings (SSSR count). The highest BCUT2D eigenvalue weighted by Gasteiger charge is 2.40. The quantitative estimate of drug-likeness (QED) is 0.369. The van der Waals surface area contributed by atoms with E-state index in [2.05, 4.69) is 0 Å². The van der Waals surface area contributed by atoms with Gasteiger partial charge < -0.3 is 20.4 Å². The molecule has 5 nitrogen and oxygen atoms in total. The molecule has 4 N–H and O–H groups in total. The van der Waals surface area contributed by atoms with Crippen LogP contribution in [0.3, 0.4) is 0 Å². The molecule has 186 valence electrons. The van der Waals surface area contributed by atoms with Gasteiger partial charge in [0.15, 0.2) is 0 Å². The van der Waals surface area contributed by atoms with Gasteiger partial charge >= 0.3 is 0 Å². The molecular weight excluding hydrogens is 440 g/mol. The fraction of sp³-hybridized carbons (Fsp3) is 0.367. The molecule has 0 heterocycles. The van der Waals surface area contributed by atoms with E-state index in [4.69, 9.17) is 0 Å². The number of aromatic hydroxyl groups is 3. The van der Waals surface area contributed by atoms with Gasteiger partial charge in [-0.05, 0) is 84.9 Å². The van der Waals surface area contributed by atoms with Crippen LogP contribution in [0.1, 0.15) is 96.9 Å². The van der Waals surface area contributed by atoms with E-state index in [1.165, 1.54) is 6.07 Å². The SMILES string of the molecule is CC(C)=CCc1c(O)c(CC=C(C)C)c2c(c1O)C(=O)c1c(O)cc(C)c(CC=C(C)C)c1[C@H]2O. The number of phenols is 3. The van der Waals surface area contributed by atoms with Gasteiger partial charge in [0.25, 0.3) is 0 Å². The van der Waals surface area contributed by atoms with Gasteiger partial charge in [-0.2, -0.15) is 0 Å². The van der Waals surface area contributed by atoms with E-state index in [1.807, 2.05) is 66.7 Å². The lowest BCUT2D eigenvalue weighted by molar-refractivity contribution is 0.101. The van der Waals surface area contributed by atoms with Crippen LogP contribution in [0.4, 0.5) is 0 Å². The van der Waals surface area contributed by atoms with Crippen LogP contribution in [0.5, 0.6) is 17.2 Å². The first-order valence-electron chi connectivity index (χ1n) is 11.9. The summed E-state index contributed by atoms with van der Waals surface area (Å²) in [5.41, 5.74) is 5.78. The van der Waals surface area contributed by atoms with Gasteiger partial charge in [0.05, 0.1) is 11.1 Å². The number of carbonyl (C=O) groups is 1. The number of aliphatic hydroxyl groups is 1. The molecule has 0 aliphatic heterocycles. The number of hydrogen-bond donors (Lipinski definition) is 4. The average Bonchev–Trinajstić information content (AvgIpc) is 2.74. The maximum atomic E-state index is 13.8. The molecule has 0 aromatic heterocycles. The molecule has 1 atom stereocenters. The minimum atomic E-state index is -1.29. The van der Waals surface area contributed by atoms with Crippen molar-refractivity contribution in [2.75, 3.05) is 0 Å². The van der Waals surface area contributed by atoms with Crippen molar-refractivity contribution in [3.8, 4) is 17.2 Å². The fourth-order valence-corrected chi connectivity index (χ4v) is 4.65. The second kappa shape index (κ2) is 10.1. The molecule has 5 heteroatoms. The van der Waals surface area contributed by atoms with Crippen molar-refractivity contribution in [2.45, 2.75) is 73.8 Å². The van der Waals surface area contributed by atoms with E-state index < -0.39 is 11.9 Å². The summed E-state index contributed by atoms with van der Waals surface area (Å²) < 4.78 is 0. The number of fused-ring (bicyclic) bond motifs is 2. The summed E-state index contributed by atoms with van der Waals surface area (Å²) in [6, 6.07) is 1.54. The van der Waals surface area contributed by atoms with Gasteiger partial charge in [-0.15, -0.1) is 0 Å². The summed E-state index contributed by atoms with van der Waals surface area (Å²) in [5.74, 6) is -1.24. The number of hydrogen-bond acceptors (Lipinski definition) is 5. The van der Waals surface area contributed by atoms with Crippen molar-refractivity contribution >= 4 is 5.78 Å². The van der Waals surface area contributed by atoms with Gasteiger partial charge in [0.1, 0.15) is 23.4 Å². The Labute approximate surface area is 207 Å². The first-order chi connectivity index (χ1) is 16.4. The normalized spacial score (nSPS) is 14.2. The molecule has 2 aromatic rings. The lowest BCUT2D eigenvalue weighted by Crippen LogP contribution is -2.24. The molecule has 0 saturated carbocycles. The summed E-state index contributed by atoms with van der Waals surface area (Å²) in [5, 5.41) is 44.9. The van der Waals surface area contributed by atoms with E-state index in [1.54, 1.807) is 0 Å². The number of allylic oxidation sites excluding steroid dienone is 6. The third kappa shape index (κ3) is 4.92. The molecule has 0 spiro atoms. The second-order valence-electron chi connectivity index (χ2n) is 10.1. The van der Waals surface area contributed by atoms with Crippen molar-refractivity contribution in [1.29, 1.82) is 0 Å². The zero-order valence-corrected chi connectivity index (χ0v) is 21.7. The van der Waals surface area contributed by atoms with Crippen LogP contribution in [0.2, 0.25) is 0 Å². The Bertz CT molecular complexity index is 1280. The Morgan fingerprint density at radius 2 is 1.20 bits per heavy atom. The molecule has 0 amide bonds. The van der Waals surface area contributed by atoms with Crippen LogP contribution < -0.4 is 0 Å². The Morgan fingerprint density at radius 1 is 0.743 bits per heavy atom. The maximum Gasteiger partial charge on any atom is 0.201 e. The second-order valence-corrected chi connectivity index (χ2v) is 10.1. The Balaban J connectivity index is 2.41. The molecule has 0 fully saturated rings. The monoisotopic (exact) mass is 476 g/mol. The lowest BCUT2D eigenvalue weighted by atomic mass is 9.74. The summed E-state index contributed by atoms with van der Waals surface area (Å²) in [7, 11) is 0. The van der Waals surface area contributed by atoms with Gasteiger partial charge in [0, 0.05) is 22.3 Å². The Morgan fingerprint density at radius 3 is 1.71 bits per heavy atom. The van der Waals surface area contributed by atoms with Crippen molar-refractivity contribution in [2.24, 2.45) is 0 Å². The van der Waals surface area contributed by atoms with Crippen molar-refractivity contribution in [3.05, 3.63) is 85.5 Å². The smallest absolute Gasteiger partial charge is 0.201 e. The number of phenolic OH excluding ortho intramolecular Hbond substituents is 3. The minimum absolute atomic E-state index is 0.00933. The molecule has 2 aromatic carbocycles. The number of benzene rings is 2. The topological polar surface area (TPSA) is 98.0 Å². The summed E-state index contributed by atoms with van der Waals surface area (Å²) in [4.78, 5) is 13.8. The lowest BCUT2D eigenvalue weighted by Gasteiger charge is -2.31. The largest absolute Gasteiger partial charge is 0.507 e. The molecule has 0 bridgehead atoms. The van der Waals surface area contributed by atoms with E-state index in [0.29, 0.717) is 24.0 Å². The van der Waals surface area contributed by atoms with Crippen LogP contribution in [0, 0.1) is 6.92 Å². The first kappa shape index (κ1) is 26.3. The zero-order valence-electron chi connectivity index (χ0n) is 21.7. The number of rotatable bonds is 6. The fourth-order valence-electron chi connectivity index (χ4n) is 4.65. The first-order valence-corrected chi connectivity index (χ1v) is 11.9. The maximum absolute atomic E-state index is 13.8. The summed E-state index contributed by atoms with van der Waals surface area (Å²) >= 11 is 0. The number of aliphatic hydroxyl groups excluding tert-OH is 1. The summed E-state index contributed by atoms with van der Waals surface area (Å²) in [6.07, 6.45) is 5.50. The van der Waals surface area contributed by atoms with Crippen molar-refractivity contribution in [3.63, 3.8) is 0 Å². The van der Waals surface area contributed by atoms with Crippen molar-refractivity contribution in [1.82, 2.24) is 0 Å². The molecule has 0 saturated heterocycles. The highest BCUT2D eigenvalue weighted by molar-refractivity contribution is 6.16. The van der Waals surface area contributed by atoms with E-state index in [0.717, 1.165) is 27.8 Å². The van der Waals surface area contributed by atoms with Gasteiger partial charge in [-0.3, -0.25) is 4.79 Å². The molecule has 0 radical (unpaired) electrons. The van der Waals surface area contributed by atoms with Crippen LogP contribution in [-0.2, 0) is 19.3 Å². The van der Waals surface area contributed by atoms with Crippen LogP contribution >= 0.6 is 0 Å². The van der Waals surface area contributed by atoms with Crippen molar-refractivity contribution < 1.29 is 25.2 Å². The third-order valence-electron chi connectivity index (χ3n) is 6.51. The zero-order chi connectivity index (χ0) is 26.2. The average molecular weight is 477 g/mol. The number of carbonyl (C=O) groups excluding carboxylic acids is 1. The van der Waals surface area contributed by atoms with Crippen LogP contribution in [-0.4, -0.2) is 26.2 Å². The Kier molecular flexibility index (Phi) is 7.61. The van der Waals surface area contributed by atoms with Crippen LogP contribution in [0.25, 0.3) is 0 Å². The molecule has 1 aliphatic carbocycles. The standard InChI is InChI=1S/C30H36O5/c1-15(2)8-11-19-18(7)14-22(31)25-23(19)29(34)24-20(12-9-16(3)4)27(32)21(13-10-17(5)6)28(33)26(24)30(25)35/h8-10,14,29,31-34H,11-13H2,1-7H3/t29-/m1/s1. The summed E-state index contributed by atoms with van der Waals surface area (Å²) in [6.45, 7) is 13.5. The predicted octanol–water partition coefficient (Wildman–Crippen LogP) is 6.26. The van der Waals surface area contributed by atoms with E-state index in [9.17, 15) is 25.2 Å². The molecule has 35 heavy (non-hydrogen) atoms. The third-order valence-corrected chi connectivity index (χ3v) is 6.51. The molecule has 1 aliphatic rings. The predicted molar refractivity (Wildman–Crippen MR) is 140 cm³/mol. The van der Waals surface area contributed by atoms with Gasteiger partial charge in [-0.1, -0.05) is 34.9 Å². The van der Waals surface area contributed by atoms with E-state index >= 15 is 0 Å². The molecule has 0 unspecified atom stereocenters. The molecular formula is C30H36O5. The van der Waals surface area contributed by atoms with Crippen LogP contribution in [0.15, 0.2) is 41.0 Å². The van der Waals surface area contributed by atoms with E-state index in [-0.39, 0.29) is 45.9 Å². The Hall–Kier alpha value is -3.31. The van der Waals surface area contributed by atoms with Gasteiger partial charge in [-0.25, -0.2) is 0 Å². The highest BCUT2D eigenvalue weighted by atomic mass is 16.3. The minimum Gasteiger partial charge on any atom is -0.507 e. The highest BCUT2D eigenvalue weighted by Crippen LogP contribution is 2.50. The number of aryl methyl sites for hydroxylation is 1. The number of ketones is 1. The van der Waals surface area contributed by atoms with Gasteiger partial charge in [0.2, 0.25) is 5.78 Å².